The molecule has 2 aliphatic heterocycles. The third-order valence-corrected chi connectivity index (χ3v) is 6.31. The summed E-state index contributed by atoms with van der Waals surface area (Å²) < 4.78 is 18.4. The molecule has 0 aliphatic carbocycles. The Bertz CT molecular complexity index is 916. The fraction of sp³-hybridized carbons (Fsp3) is 0.565. The van der Waals surface area contributed by atoms with Gasteiger partial charge in [-0.2, -0.15) is 4.98 Å². The first-order chi connectivity index (χ1) is 15.5. The number of piperidine rings is 1. The Morgan fingerprint density at radius 2 is 1.72 bits per heavy atom. The van der Waals surface area contributed by atoms with Crippen LogP contribution < -0.4 is 0 Å². The number of carbonyl (C=O) groups is 2. The van der Waals surface area contributed by atoms with Crippen LogP contribution in [0.4, 0.5) is 4.39 Å². The summed E-state index contributed by atoms with van der Waals surface area (Å²) in [5, 5.41) is 4.05. The number of nitrogens with zero attached hydrogens (tertiary/aromatic N) is 5. The topological polar surface area (TPSA) is 82.8 Å². The van der Waals surface area contributed by atoms with Crippen LogP contribution in [0.1, 0.15) is 48.3 Å². The molecule has 2 saturated heterocycles. The number of aromatic nitrogens is 2. The summed E-state index contributed by atoms with van der Waals surface area (Å²) >= 11 is 0. The maximum atomic E-state index is 13.1. The van der Waals surface area contributed by atoms with Gasteiger partial charge in [0.05, 0.1) is 6.54 Å². The van der Waals surface area contributed by atoms with Gasteiger partial charge in [-0.3, -0.25) is 14.5 Å². The lowest BCUT2D eigenvalue weighted by Gasteiger charge is -2.34. The summed E-state index contributed by atoms with van der Waals surface area (Å²) in [5.41, 5.74) is 0.497. The van der Waals surface area contributed by atoms with Gasteiger partial charge in [0.2, 0.25) is 11.8 Å². The smallest absolute Gasteiger partial charge is 0.253 e. The zero-order chi connectivity index (χ0) is 22.5. The Morgan fingerprint density at radius 1 is 1.03 bits per heavy atom. The molecular weight excluding hydrogens is 413 g/mol. The number of likely N-dealkylation sites (tertiary alicyclic amines) is 1. The Hall–Kier alpha value is -2.81. The lowest BCUT2D eigenvalue weighted by molar-refractivity contribution is -0.132. The molecule has 1 aromatic heterocycles. The number of halogens is 1. The Balaban J connectivity index is 1.20. The molecule has 9 heteroatoms. The number of hydrogen-bond donors (Lipinski definition) is 0. The molecule has 0 radical (unpaired) electrons. The Kier molecular flexibility index (Phi) is 7.14. The average Bonchev–Trinajstić information content (AvgIpc) is 3.26. The Labute approximate surface area is 187 Å². The first-order valence-corrected chi connectivity index (χ1v) is 11.3. The van der Waals surface area contributed by atoms with Gasteiger partial charge in [-0.1, -0.05) is 12.1 Å². The minimum absolute atomic E-state index is 0.0840. The van der Waals surface area contributed by atoms with Crippen molar-refractivity contribution in [2.24, 2.45) is 5.92 Å². The van der Waals surface area contributed by atoms with Crippen molar-refractivity contribution >= 4 is 11.8 Å². The van der Waals surface area contributed by atoms with Crippen molar-refractivity contribution in [1.29, 1.82) is 0 Å². The second-order valence-corrected chi connectivity index (χ2v) is 8.74. The molecule has 8 nitrogen and oxygen atoms in total. The van der Waals surface area contributed by atoms with Crippen molar-refractivity contribution in [3.05, 3.63) is 47.4 Å². The summed E-state index contributed by atoms with van der Waals surface area (Å²) in [6.45, 7) is 7.01. The molecular formula is C23H30FN5O3. The lowest BCUT2D eigenvalue weighted by Crippen LogP contribution is -2.48. The number of piperazine rings is 1. The van der Waals surface area contributed by atoms with Crippen LogP contribution in [0.3, 0.4) is 0 Å². The van der Waals surface area contributed by atoms with E-state index in [0.717, 1.165) is 25.9 Å². The van der Waals surface area contributed by atoms with Crippen LogP contribution in [-0.2, 0) is 17.8 Å². The summed E-state index contributed by atoms with van der Waals surface area (Å²) in [7, 11) is 0. The largest absolute Gasteiger partial charge is 0.343 e. The van der Waals surface area contributed by atoms with Crippen molar-refractivity contribution in [1.82, 2.24) is 24.8 Å². The highest BCUT2D eigenvalue weighted by molar-refractivity contribution is 5.94. The number of rotatable bonds is 6. The summed E-state index contributed by atoms with van der Waals surface area (Å²) in [6, 6.07) is 5.64. The minimum Gasteiger partial charge on any atom is -0.343 e. The van der Waals surface area contributed by atoms with E-state index in [2.05, 4.69) is 22.0 Å². The monoisotopic (exact) mass is 443 g/mol. The van der Waals surface area contributed by atoms with Gasteiger partial charge in [0.25, 0.3) is 5.91 Å². The van der Waals surface area contributed by atoms with Crippen LogP contribution >= 0.6 is 0 Å². The van der Waals surface area contributed by atoms with E-state index in [1.807, 2.05) is 4.90 Å². The van der Waals surface area contributed by atoms with Gasteiger partial charge >= 0.3 is 0 Å². The second kappa shape index (κ2) is 10.2. The van der Waals surface area contributed by atoms with Gasteiger partial charge < -0.3 is 14.3 Å². The van der Waals surface area contributed by atoms with E-state index in [4.69, 9.17) is 4.52 Å². The molecule has 0 saturated carbocycles. The zero-order valence-electron chi connectivity index (χ0n) is 18.5. The third-order valence-electron chi connectivity index (χ3n) is 6.31. The van der Waals surface area contributed by atoms with Crippen LogP contribution in [0.2, 0.25) is 0 Å². The quantitative estimate of drug-likeness (QED) is 0.682. The standard InChI is InChI=1S/C23H30FN5O3/c1-17-8-10-28(11-9-17)22(30)7-6-21-25-20(26-32-21)16-27-12-14-29(15-13-27)23(31)18-2-4-19(24)5-3-18/h2-5,17H,6-16H2,1H3. The van der Waals surface area contributed by atoms with Crippen LogP contribution in [0.25, 0.3) is 0 Å². The summed E-state index contributed by atoms with van der Waals surface area (Å²) in [4.78, 5) is 35.3. The van der Waals surface area contributed by atoms with E-state index in [0.29, 0.717) is 68.8 Å². The first kappa shape index (κ1) is 22.4. The average molecular weight is 444 g/mol. The molecule has 0 atom stereocenters. The van der Waals surface area contributed by atoms with Crippen LogP contribution in [0, 0.1) is 11.7 Å². The molecule has 32 heavy (non-hydrogen) atoms. The van der Waals surface area contributed by atoms with Crippen molar-refractivity contribution in [3.8, 4) is 0 Å². The molecule has 0 bridgehead atoms. The molecule has 4 rings (SSSR count). The van der Waals surface area contributed by atoms with Crippen molar-refractivity contribution in [3.63, 3.8) is 0 Å². The lowest BCUT2D eigenvalue weighted by atomic mass is 9.99. The second-order valence-electron chi connectivity index (χ2n) is 8.74. The number of carbonyl (C=O) groups excluding carboxylic acids is 2. The number of amides is 2. The van der Waals surface area contributed by atoms with E-state index in [-0.39, 0.29) is 17.6 Å². The highest BCUT2D eigenvalue weighted by atomic mass is 19.1. The normalized spacial score (nSPS) is 18.2. The molecule has 2 amide bonds. The van der Waals surface area contributed by atoms with Crippen LogP contribution in [-0.4, -0.2) is 75.9 Å². The molecule has 0 N–H and O–H groups in total. The number of hydrogen-bond acceptors (Lipinski definition) is 6. The molecule has 0 unspecified atom stereocenters. The van der Waals surface area contributed by atoms with Gasteiger partial charge in [0.1, 0.15) is 5.82 Å². The fourth-order valence-corrected chi connectivity index (χ4v) is 4.17. The SMILES string of the molecule is CC1CCN(C(=O)CCc2nc(CN3CCN(C(=O)c4ccc(F)cc4)CC3)no2)CC1. The van der Waals surface area contributed by atoms with E-state index in [1.165, 1.54) is 24.3 Å². The molecule has 0 spiro atoms. The molecule has 172 valence electrons. The molecule has 3 heterocycles. The zero-order valence-corrected chi connectivity index (χ0v) is 18.5. The van der Waals surface area contributed by atoms with Gasteiger partial charge in [-0.25, -0.2) is 4.39 Å². The highest BCUT2D eigenvalue weighted by Crippen LogP contribution is 2.17. The number of aryl methyl sites for hydroxylation is 1. The van der Waals surface area contributed by atoms with Crippen LogP contribution in [0.5, 0.6) is 0 Å². The van der Waals surface area contributed by atoms with Gasteiger partial charge in [-0.15, -0.1) is 0 Å². The summed E-state index contributed by atoms with van der Waals surface area (Å²) in [6.07, 6.45) is 2.98. The van der Waals surface area contributed by atoms with E-state index < -0.39 is 0 Å². The van der Waals surface area contributed by atoms with Crippen molar-refractivity contribution < 1.29 is 18.5 Å². The number of benzene rings is 1. The molecule has 2 fully saturated rings. The third kappa shape index (κ3) is 5.70. The van der Waals surface area contributed by atoms with Crippen molar-refractivity contribution in [2.45, 2.75) is 39.2 Å². The van der Waals surface area contributed by atoms with Gasteiger partial charge in [0, 0.05) is 57.7 Å². The van der Waals surface area contributed by atoms with E-state index >= 15 is 0 Å². The maximum Gasteiger partial charge on any atom is 0.253 e. The first-order valence-electron chi connectivity index (χ1n) is 11.3. The predicted molar refractivity (Wildman–Crippen MR) is 115 cm³/mol. The minimum atomic E-state index is -0.351. The van der Waals surface area contributed by atoms with E-state index in [1.54, 1.807) is 4.90 Å². The molecule has 2 aliphatic rings. The summed E-state index contributed by atoms with van der Waals surface area (Å²) in [5.74, 6) is 1.50. The van der Waals surface area contributed by atoms with Gasteiger partial charge in [-0.05, 0) is 43.0 Å². The highest BCUT2D eigenvalue weighted by Gasteiger charge is 2.24. The maximum absolute atomic E-state index is 13.1. The predicted octanol–water partition coefficient (Wildman–Crippen LogP) is 2.36. The molecule has 1 aromatic carbocycles. The molecule has 2 aromatic rings. The van der Waals surface area contributed by atoms with Crippen molar-refractivity contribution in [2.75, 3.05) is 39.3 Å². The van der Waals surface area contributed by atoms with E-state index in [9.17, 15) is 14.0 Å². The fourth-order valence-electron chi connectivity index (χ4n) is 4.17. The van der Waals surface area contributed by atoms with Gasteiger partial charge in [0.15, 0.2) is 5.82 Å². The Morgan fingerprint density at radius 3 is 2.41 bits per heavy atom. The van der Waals surface area contributed by atoms with Crippen LogP contribution in [0.15, 0.2) is 28.8 Å².